The molecular weight excluding hydrogens is 487 g/mol. The van der Waals surface area contributed by atoms with Crippen LogP contribution in [0.25, 0.3) is 0 Å². The summed E-state index contributed by atoms with van der Waals surface area (Å²) in [6.07, 6.45) is 0.472. The van der Waals surface area contributed by atoms with E-state index in [0.29, 0.717) is 25.1 Å². The van der Waals surface area contributed by atoms with Crippen LogP contribution in [0.4, 0.5) is 4.39 Å². The lowest BCUT2D eigenvalue weighted by molar-refractivity contribution is -0.132. The van der Waals surface area contributed by atoms with Crippen LogP contribution in [-0.4, -0.2) is 50.3 Å². The van der Waals surface area contributed by atoms with Crippen LogP contribution >= 0.6 is 11.3 Å². The van der Waals surface area contributed by atoms with Crippen molar-refractivity contribution >= 4 is 27.3 Å². The number of methoxy groups -OCH3 is 1. The van der Waals surface area contributed by atoms with Gasteiger partial charge in [-0.25, -0.2) is 12.8 Å². The molecule has 0 aliphatic carbocycles. The molecule has 3 aromatic rings. The van der Waals surface area contributed by atoms with Crippen molar-refractivity contribution in [2.24, 2.45) is 0 Å². The van der Waals surface area contributed by atoms with Gasteiger partial charge in [0.1, 0.15) is 5.82 Å². The van der Waals surface area contributed by atoms with E-state index in [9.17, 15) is 17.6 Å². The zero-order valence-corrected chi connectivity index (χ0v) is 21.7. The van der Waals surface area contributed by atoms with E-state index in [0.717, 1.165) is 16.0 Å². The number of thiophene rings is 1. The van der Waals surface area contributed by atoms with Crippen LogP contribution < -0.4 is 0 Å². The highest BCUT2D eigenvalue weighted by Crippen LogP contribution is 2.20. The molecule has 0 fully saturated rings. The second-order valence-corrected chi connectivity index (χ2v) is 11.3. The van der Waals surface area contributed by atoms with E-state index < -0.39 is 10.0 Å². The highest BCUT2D eigenvalue weighted by molar-refractivity contribution is 7.88. The number of halogens is 1. The van der Waals surface area contributed by atoms with Gasteiger partial charge in [-0.2, -0.15) is 4.31 Å². The molecule has 0 radical (unpaired) electrons. The lowest BCUT2D eigenvalue weighted by Crippen LogP contribution is -2.43. The summed E-state index contributed by atoms with van der Waals surface area (Å²) in [5, 5.41) is 1.96. The molecule has 1 aromatic heterocycles. The van der Waals surface area contributed by atoms with E-state index in [1.807, 2.05) is 24.4 Å². The molecule has 9 heteroatoms. The molecule has 1 amide bonds. The number of hydrogen-bond acceptors (Lipinski definition) is 5. The molecule has 0 unspecified atom stereocenters. The molecule has 6 nitrogen and oxygen atoms in total. The normalized spacial score (nSPS) is 11.7. The molecule has 188 valence electrons. The first-order valence-corrected chi connectivity index (χ1v) is 13.8. The maximum Gasteiger partial charge on any atom is 0.238 e. The minimum atomic E-state index is -3.75. The molecule has 35 heavy (non-hydrogen) atoms. The average molecular weight is 519 g/mol. The van der Waals surface area contributed by atoms with Crippen LogP contribution in [0, 0.1) is 12.7 Å². The van der Waals surface area contributed by atoms with E-state index in [2.05, 4.69) is 0 Å². The Morgan fingerprint density at radius 2 is 1.71 bits per heavy atom. The highest BCUT2D eigenvalue weighted by Gasteiger charge is 2.27. The van der Waals surface area contributed by atoms with Crippen LogP contribution in [0.1, 0.15) is 28.0 Å². The van der Waals surface area contributed by atoms with E-state index in [1.165, 1.54) is 16.4 Å². The monoisotopic (exact) mass is 518 g/mol. The number of amides is 1. The van der Waals surface area contributed by atoms with Crippen LogP contribution in [0.2, 0.25) is 0 Å². The number of aryl methyl sites for hydroxylation is 1. The number of hydrogen-bond donors (Lipinski definition) is 0. The van der Waals surface area contributed by atoms with Gasteiger partial charge in [0.15, 0.2) is 0 Å². The quantitative estimate of drug-likeness (QED) is 0.311. The van der Waals surface area contributed by atoms with Crippen molar-refractivity contribution in [3.05, 3.63) is 93.4 Å². The highest BCUT2D eigenvalue weighted by atomic mass is 32.2. The fourth-order valence-corrected chi connectivity index (χ4v) is 6.04. The average Bonchev–Trinajstić information content (AvgIpc) is 3.24. The lowest BCUT2D eigenvalue weighted by Gasteiger charge is -2.27. The summed E-state index contributed by atoms with van der Waals surface area (Å²) in [6, 6.07) is 16.9. The van der Waals surface area contributed by atoms with Crippen molar-refractivity contribution in [1.82, 2.24) is 9.21 Å². The molecule has 0 N–H and O–H groups in total. The molecule has 0 saturated heterocycles. The van der Waals surface area contributed by atoms with E-state index in [1.54, 1.807) is 59.7 Å². The molecule has 0 aliphatic heterocycles. The van der Waals surface area contributed by atoms with Crippen molar-refractivity contribution in [2.75, 3.05) is 26.8 Å². The Morgan fingerprint density at radius 1 is 1.00 bits per heavy atom. The number of rotatable bonds is 13. The minimum Gasteiger partial charge on any atom is -0.385 e. The van der Waals surface area contributed by atoms with E-state index in [4.69, 9.17) is 4.74 Å². The maximum absolute atomic E-state index is 13.5. The predicted molar refractivity (Wildman–Crippen MR) is 137 cm³/mol. The van der Waals surface area contributed by atoms with Crippen LogP contribution in [0.15, 0.2) is 66.0 Å². The predicted octanol–water partition coefficient (Wildman–Crippen LogP) is 4.59. The molecular formula is C26H31FN2O4S2. The first kappa shape index (κ1) is 27.0. The molecule has 0 atom stereocenters. The standard InChI is InChI=1S/C26H31FN2O4S2/c1-21-13-16-34-25(21)18-28(17-22-9-11-24(27)12-10-22)26(30)19-29(14-6-15-33-2)35(31,32)20-23-7-4-3-5-8-23/h3-5,7-13,16H,6,14-15,17-20H2,1-2H3. The van der Waals surface area contributed by atoms with Gasteiger partial charge in [-0.3, -0.25) is 4.79 Å². The second kappa shape index (κ2) is 12.9. The topological polar surface area (TPSA) is 66.9 Å². The van der Waals surface area contributed by atoms with Crippen molar-refractivity contribution < 1.29 is 22.3 Å². The van der Waals surface area contributed by atoms with Crippen LogP contribution in [0.3, 0.4) is 0 Å². The van der Waals surface area contributed by atoms with Crippen molar-refractivity contribution in [1.29, 1.82) is 0 Å². The summed E-state index contributed by atoms with van der Waals surface area (Å²) in [7, 11) is -2.19. The van der Waals surface area contributed by atoms with Crippen molar-refractivity contribution in [3.8, 4) is 0 Å². The van der Waals surface area contributed by atoms with Gasteiger partial charge in [0, 0.05) is 31.7 Å². The third-order valence-corrected chi connectivity index (χ3v) is 8.40. The summed E-state index contributed by atoms with van der Waals surface area (Å²) in [5.74, 6) is -0.843. The minimum absolute atomic E-state index is 0.178. The Bertz CT molecular complexity index is 1180. The SMILES string of the molecule is COCCCN(CC(=O)N(Cc1ccc(F)cc1)Cc1sccc1C)S(=O)(=O)Cc1ccccc1. The summed E-state index contributed by atoms with van der Waals surface area (Å²) < 4.78 is 46.3. The molecule has 2 aromatic carbocycles. The van der Waals surface area contributed by atoms with Crippen LogP contribution in [-0.2, 0) is 38.4 Å². The lowest BCUT2D eigenvalue weighted by atomic mass is 10.2. The van der Waals surface area contributed by atoms with Gasteiger partial charge in [-0.1, -0.05) is 42.5 Å². The number of benzene rings is 2. The number of ether oxygens (including phenoxy) is 1. The number of carbonyl (C=O) groups is 1. The fraction of sp³-hybridized carbons (Fsp3) is 0.346. The molecule has 3 rings (SSSR count). The zero-order chi connectivity index (χ0) is 25.3. The van der Waals surface area contributed by atoms with Gasteiger partial charge >= 0.3 is 0 Å². The van der Waals surface area contributed by atoms with Crippen molar-refractivity contribution in [3.63, 3.8) is 0 Å². The third-order valence-electron chi connectivity index (χ3n) is 5.59. The first-order valence-electron chi connectivity index (χ1n) is 11.3. The van der Waals surface area contributed by atoms with Crippen molar-refractivity contribution in [2.45, 2.75) is 32.2 Å². The Balaban J connectivity index is 1.82. The smallest absolute Gasteiger partial charge is 0.238 e. The van der Waals surface area contributed by atoms with Gasteiger partial charge in [-0.15, -0.1) is 11.3 Å². The number of carbonyl (C=O) groups excluding carboxylic acids is 1. The maximum atomic E-state index is 13.5. The summed E-state index contributed by atoms with van der Waals surface area (Å²) >= 11 is 1.55. The number of nitrogens with zero attached hydrogens (tertiary/aromatic N) is 2. The van der Waals surface area contributed by atoms with Gasteiger partial charge in [0.25, 0.3) is 0 Å². The number of sulfonamides is 1. The largest absolute Gasteiger partial charge is 0.385 e. The van der Waals surface area contributed by atoms with Gasteiger partial charge in [-0.05, 0) is 53.6 Å². The van der Waals surface area contributed by atoms with Gasteiger partial charge in [0.2, 0.25) is 15.9 Å². The Kier molecular flexibility index (Phi) is 9.97. The summed E-state index contributed by atoms with van der Waals surface area (Å²) in [4.78, 5) is 16.2. The fourth-order valence-electron chi connectivity index (χ4n) is 3.61. The molecule has 1 heterocycles. The van der Waals surface area contributed by atoms with E-state index >= 15 is 0 Å². The zero-order valence-electron chi connectivity index (χ0n) is 20.0. The first-order chi connectivity index (χ1) is 16.8. The van der Waals surface area contributed by atoms with Gasteiger partial charge in [0.05, 0.1) is 18.8 Å². The third kappa shape index (κ3) is 8.24. The Hall–Kier alpha value is -2.59. The van der Waals surface area contributed by atoms with Crippen LogP contribution in [0.5, 0.6) is 0 Å². The molecule has 0 spiro atoms. The molecule has 0 saturated carbocycles. The Morgan fingerprint density at radius 3 is 2.34 bits per heavy atom. The summed E-state index contributed by atoms with van der Waals surface area (Å²) in [6.45, 7) is 2.88. The molecule has 0 bridgehead atoms. The van der Waals surface area contributed by atoms with Gasteiger partial charge < -0.3 is 9.64 Å². The second-order valence-electron chi connectivity index (χ2n) is 8.32. The van der Waals surface area contributed by atoms with E-state index in [-0.39, 0.29) is 37.1 Å². The summed E-state index contributed by atoms with van der Waals surface area (Å²) in [5.41, 5.74) is 2.50. The molecule has 0 aliphatic rings. The Labute approximate surface area is 211 Å².